The standard InChI is InChI=1S/C13H14ClFN2OS/c1-3-11-13(14)12(17(2)16-11)8-19(18)10-6-4-5-9(15)7-10/h4-7H,3,8H2,1-2H3. The molecule has 0 aliphatic carbocycles. The van der Waals surface area contributed by atoms with Gasteiger partial charge in [-0.15, -0.1) is 0 Å². The molecule has 19 heavy (non-hydrogen) atoms. The van der Waals surface area contributed by atoms with Crippen LogP contribution in [0.4, 0.5) is 4.39 Å². The summed E-state index contributed by atoms with van der Waals surface area (Å²) in [6.07, 6.45) is 0.722. The Morgan fingerprint density at radius 3 is 2.79 bits per heavy atom. The molecule has 0 spiro atoms. The zero-order valence-electron chi connectivity index (χ0n) is 10.7. The Kier molecular flexibility index (Phi) is 4.37. The van der Waals surface area contributed by atoms with Gasteiger partial charge in [-0.05, 0) is 24.6 Å². The lowest BCUT2D eigenvalue weighted by atomic mass is 10.3. The molecule has 0 radical (unpaired) electrons. The maximum absolute atomic E-state index is 13.1. The summed E-state index contributed by atoms with van der Waals surface area (Å²) < 4.78 is 27.0. The van der Waals surface area contributed by atoms with Crippen molar-refractivity contribution in [3.05, 3.63) is 46.5 Å². The number of rotatable bonds is 4. The molecule has 1 unspecified atom stereocenters. The van der Waals surface area contributed by atoms with Gasteiger partial charge in [-0.2, -0.15) is 5.10 Å². The largest absolute Gasteiger partial charge is 0.270 e. The summed E-state index contributed by atoms with van der Waals surface area (Å²) >= 11 is 6.20. The fourth-order valence-electron chi connectivity index (χ4n) is 1.79. The molecule has 102 valence electrons. The maximum Gasteiger partial charge on any atom is 0.124 e. The van der Waals surface area contributed by atoms with E-state index in [-0.39, 0.29) is 5.75 Å². The smallest absolute Gasteiger partial charge is 0.124 e. The van der Waals surface area contributed by atoms with E-state index in [4.69, 9.17) is 11.6 Å². The third kappa shape index (κ3) is 3.04. The van der Waals surface area contributed by atoms with Gasteiger partial charge in [-0.25, -0.2) is 4.39 Å². The van der Waals surface area contributed by atoms with Crippen LogP contribution in [-0.4, -0.2) is 14.0 Å². The van der Waals surface area contributed by atoms with E-state index < -0.39 is 16.6 Å². The predicted octanol–water partition coefficient (Wildman–Crippen LogP) is 3.08. The molecule has 0 bridgehead atoms. The first-order valence-electron chi connectivity index (χ1n) is 5.87. The molecule has 6 heteroatoms. The Morgan fingerprint density at radius 1 is 1.47 bits per heavy atom. The average Bonchev–Trinajstić information content (AvgIpc) is 2.66. The van der Waals surface area contributed by atoms with Crippen molar-refractivity contribution in [2.24, 2.45) is 7.05 Å². The van der Waals surface area contributed by atoms with E-state index in [9.17, 15) is 8.60 Å². The molecule has 0 aliphatic rings. The van der Waals surface area contributed by atoms with Gasteiger partial charge >= 0.3 is 0 Å². The molecule has 0 amide bonds. The van der Waals surface area contributed by atoms with Crippen LogP contribution in [0, 0.1) is 5.82 Å². The monoisotopic (exact) mass is 300 g/mol. The zero-order valence-corrected chi connectivity index (χ0v) is 12.3. The van der Waals surface area contributed by atoms with Gasteiger partial charge in [-0.1, -0.05) is 24.6 Å². The van der Waals surface area contributed by atoms with Crippen LogP contribution in [0.25, 0.3) is 0 Å². The third-order valence-corrected chi connectivity index (χ3v) is 4.58. The summed E-state index contributed by atoms with van der Waals surface area (Å²) in [6, 6.07) is 5.79. The lowest BCUT2D eigenvalue weighted by Crippen LogP contribution is -2.03. The van der Waals surface area contributed by atoms with Crippen LogP contribution in [0.15, 0.2) is 29.2 Å². The first-order chi connectivity index (χ1) is 9.02. The van der Waals surface area contributed by atoms with Gasteiger partial charge in [0.25, 0.3) is 0 Å². The van der Waals surface area contributed by atoms with Gasteiger partial charge in [0.05, 0.1) is 33.0 Å². The second kappa shape index (κ2) is 5.84. The Bertz CT molecular complexity index is 627. The average molecular weight is 301 g/mol. The maximum atomic E-state index is 13.1. The number of benzene rings is 1. The Hall–Kier alpha value is -1.20. The minimum Gasteiger partial charge on any atom is -0.270 e. The summed E-state index contributed by atoms with van der Waals surface area (Å²) in [7, 11) is 0.428. The SMILES string of the molecule is CCc1nn(C)c(CS(=O)c2cccc(F)c2)c1Cl. The van der Waals surface area contributed by atoms with Crippen LogP contribution in [0.1, 0.15) is 18.3 Å². The van der Waals surface area contributed by atoms with E-state index in [2.05, 4.69) is 5.10 Å². The van der Waals surface area contributed by atoms with Gasteiger partial charge in [0, 0.05) is 11.9 Å². The second-order valence-corrected chi connectivity index (χ2v) is 5.96. The fraction of sp³-hybridized carbons (Fsp3) is 0.308. The van der Waals surface area contributed by atoms with Crippen LogP contribution < -0.4 is 0 Å². The lowest BCUT2D eigenvalue weighted by molar-refractivity contribution is 0.622. The highest BCUT2D eigenvalue weighted by molar-refractivity contribution is 7.84. The van der Waals surface area contributed by atoms with Crippen LogP contribution in [0.2, 0.25) is 5.02 Å². The Morgan fingerprint density at radius 2 is 2.21 bits per heavy atom. The molecule has 1 atom stereocenters. The number of halogens is 2. The minimum absolute atomic E-state index is 0.228. The highest BCUT2D eigenvalue weighted by Crippen LogP contribution is 2.23. The zero-order chi connectivity index (χ0) is 14.0. The van der Waals surface area contributed by atoms with Crippen molar-refractivity contribution in [2.75, 3.05) is 0 Å². The summed E-state index contributed by atoms with van der Waals surface area (Å²) in [4.78, 5) is 0.454. The Balaban J connectivity index is 2.27. The molecule has 2 rings (SSSR count). The quantitative estimate of drug-likeness (QED) is 0.870. The van der Waals surface area contributed by atoms with Crippen molar-refractivity contribution in [1.29, 1.82) is 0 Å². The second-order valence-electron chi connectivity index (χ2n) is 4.13. The molecule has 1 aromatic heterocycles. The van der Waals surface area contributed by atoms with Crippen LogP contribution >= 0.6 is 11.6 Å². The van der Waals surface area contributed by atoms with Crippen molar-refractivity contribution >= 4 is 22.4 Å². The van der Waals surface area contributed by atoms with E-state index in [1.807, 2.05) is 6.92 Å². The molecular formula is C13H14ClFN2OS. The molecule has 0 aliphatic heterocycles. The van der Waals surface area contributed by atoms with Gasteiger partial charge < -0.3 is 0 Å². The van der Waals surface area contributed by atoms with Crippen LogP contribution in [0.3, 0.4) is 0 Å². The van der Waals surface area contributed by atoms with E-state index in [0.29, 0.717) is 15.6 Å². The van der Waals surface area contributed by atoms with Crippen molar-refractivity contribution in [2.45, 2.75) is 24.0 Å². The highest BCUT2D eigenvalue weighted by atomic mass is 35.5. The number of nitrogens with zero attached hydrogens (tertiary/aromatic N) is 2. The Labute approximate surface area is 118 Å². The number of aromatic nitrogens is 2. The summed E-state index contributed by atoms with van der Waals surface area (Å²) in [5.74, 6) is -0.164. The number of aryl methyl sites for hydroxylation is 2. The van der Waals surface area contributed by atoms with E-state index in [1.165, 1.54) is 12.1 Å². The summed E-state index contributed by atoms with van der Waals surface area (Å²) in [5, 5.41) is 4.82. The van der Waals surface area contributed by atoms with Crippen LogP contribution in [0.5, 0.6) is 0 Å². The topological polar surface area (TPSA) is 34.9 Å². The van der Waals surface area contributed by atoms with Crippen molar-refractivity contribution < 1.29 is 8.60 Å². The fourth-order valence-corrected chi connectivity index (χ4v) is 3.45. The molecular weight excluding hydrogens is 287 g/mol. The first-order valence-corrected chi connectivity index (χ1v) is 7.56. The molecule has 0 saturated heterocycles. The van der Waals surface area contributed by atoms with Gasteiger partial charge in [0.1, 0.15) is 5.82 Å². The van der Waals surface area contributed by atoms with Crippen molar-refractivity contribution in [1.82, 2.24) is 9.78 Å². The highest BCUT2D eigenvalue weighted by Gasteiger charge is 2.16. The molecule has 2 aromatic rings. The summed E-state index contributed by atoms with van der Waals surface area (Å²) in [6.45, 7) is 1.96. The van der Waals surface area contributed by atoms with E-state index >= 15 is 0 Å². The molecule has 1 heterocycles. The van der Waals surface area contributed by atoms with Gasteiger partial charge in [0.15, 0.2) is 0 Å². The van der Waals surface area contributed by atoms with Gasteiger partial charge in [-0.3, -0.25) is 8.89 Å². The van der Waals surface area contributed by atoms with Crippen molar-refractivity contribution in [3.8, 4) is 0 Å². The summed E-state index contributed by atoms with van der Waals surface area (Å²) in [5.41, 5.74) is 1.50. The third-order valence-electron chi connectivity index (χ3n) is 2.83. The molecule has 1 aromatic carbocycles. The lowest BCUT2D eigenvalue weighted by Gasteiger charge is -2.04. The van der Waals surface area contributed by atoms with Gasteiger partial charge in [0.2, 0.25) is 0 Å². The van der Waals surface area contributed by atoms with E-state index in [0.717, 1.165) is 12.1 Å². The molecule has 0 saturated carbocycles. The molecule has 0 fully saturated rings. The molecule has 0 N–H and O–H groups in total. The van der Waals surface area contributed by atoms with Crippen molar-refractivity contribution in [3.63, 3.8) is 0 Å². The number of hydrogen-bond donors (Lipinski definition) is 0. The predicted molar refractivity (Wildman–Crippen MR) is 74.1 cm³/mol. The minimum atomic E-state index is -1.34. The first kappa shape index (κ1) is 14.2. The number of hydrogen-bond acceptors (Lipinski definition) is 2. The molecule has 3 nitrogen and oxygen atoms in total. The van der Waals surface area contributed by atoms with Crippen LogP contribution in [-0.2, 0) is 30.0 Å². The van der Waals surface area contributed by atoms with E-state index in [1.54, 1.807) is 23.9 Å². The normalized spacial score (nSPS) is 12.6.